The van der Waals surface area contributed by atoms with Crippen LogP contribution in [-0.4, -0.2) is 6.03 Å². The van der Waals surface area contributed by atoms with Gasteiger partial charge in [-0.05, 0) is 29.3 Å². The Balaban J connectivity index is 1.80. The van der Waals surface area contributed by atoms with Gasteiger partial charge in [-0.25, -0.2) is 4.79 Å². The van der Waals surface area contributed by atoms with E-state index in [1.54, 1.807) is 12.1 Å². The van der Waals surface area contributed by atoms with Crippen molar-refractivity contribution < 1.29 is 4.79 Å². The molecule has 2 aromatic carbocycles. The summed E-state index contributed by atoms with van der Waals surface area (Å²) in [7, 11) is 0. The Labute approximate surface area is 127 Å². The third-order valence-corrected chi connectivity index (χ3v) is 3.34. The van der Waals surface area contributed by atoms with Gasteiger partial charge < -0.3 is 10.6 Å². The molecule has 3 nitrogen and oxygen atoms in total. The number of halogens is 2. The lowest BCUT2D eigenvalue weighted by atomic mass is 10.2. The molecule has 104 valence electrons. The molecule has 2 N–H and O–H groups in total. The smallest absolute Gasteiger partial charge is 0.315 e. The average molecular weight is 309 g/mol. The van der Waals surface area contributed by atoms with Gasteiger partial charge in [0.1, 0.15) is 0 Å². The summed E-state index contributed by atoms with van der Waals surface area (Å²) in [4.78, 5) is 11.7. The molecular formula is C15H14Cl2N2O. The number of carbonyl (C=O) groups is 1. The fourth-order valence-electron chi connectivity index (χ4n) is 1.71. The molecule has 5 heteroatoms. The van der Waals surface area contributed by atoms with Crippen LogP contribution in [0.2, 0.25) is 10.0 Å². The van der Waals surface area contributed by atoms with E-state index in [-0.39, 0.29) is 6.03 Å². The molecule has 0 bridgehead atoms. The third-order valence-electron chi connectivity index (χ3n) is 2.74. The highest BCUT2D eigenvalue weighted by Crippen LogP contribution is 2.14. The maximum Gasteiger partial charge on any atom is 0.315 e. The Kier molecular flexibility index (Phi) is 5.27. The van der Waals surface area contributed by atoms with Crippen LogP contribution in [0, 0.1) is 0 Å². The van der Waals surface area contributed by atoms with Crippen LogP contribution in [-0.2, 0) is 13.1 Å². The fraction of sp³-hybridized carbons (Fsp3) is 0.133. The van der Waals surface area contributed by atoms with Crippen molar-refractivity contribution >= 4 is 29.2 Å². The van der Waals surface area contributed by atoms with Gasteiger partial charge in [0.2, 0.25) is 0 Å². The molecular weight excluding hydrogens is 295 g/mol. The van der Waals surface area contributed by atoms with Crippen molar-refractivity contribution in [3.8, 4) is 0 Å². The predicted molar refractivity (Wildman–Crippen MR) is 82.0 cm³/mol. The molecule has 0 saturated carbocycles. The number of urea groups is 1. The largest absolute Gasteiger partial charge is 0.334 e. The normalized spacial score (nSPS) is 10.1. The van der Waals surface area contributed by atoms with Crippen molar-refractivity contribution in [3.63, 3.8) is 0 Å². The first-order chi connectivity index (χ1) is 9.65. The summed E-state index contributed by atoms with van der Waals surface area (Å²) in [6.45, 7) is 0.815. The zero-order valence-corrected chi connectivity index (χ0v) is 12.2. The van der Waals surface area contributed by atoms with Gasteiger partial charge in [-0.2, -0.15) is 0 Å². The van der Waals surface area contributed by atoms with Gasteiger partial charge in [-0.3, -0.25) is 0 Å². The van der Waals surface area contributed by atoms with Crippen LogP contribution in [0.15, 0.2) is 48.5 Å². The van der Waals surface area contributed by atoms with E-state index in [1.807, 2.05) is 36.4 Å². The van der Waals surface area contributed by atoms with E-state index in [9.17, 15) is 4.79 Å². The lowest BCUT2D eigenvalue weighted by molar-refractivity contribution is 0.240. The fourth-order valence-corrected chi connectivity index (χ4v) is 2.12. The number of carbonyl (C=O) groups excluding carboxylic acids is 1. The Morgan fingerprint density at radius 1 is 0.950 bits per heavy atom. The monoisotopic (exact) mass is 308 g/mol. The number of hydrogen-bond donors (Lipinski definition) is 2. The number of amides is 2. The molecule has 0 aliphatic rings. The molecule has 0 unspecified atom stereocenters. The molecule has 2 amide bonds. The van der Waals surface area contributed by atoms with Gasteiger partial charge in [0.15, 0.2) is 0 Å². The zero-order valence-electron chi connectivity index (χ0n) is 10.7. The second-order valence-corrected chi connectivity index (χ2v) is 5.10. The highest BCUT2D eigenvalue weighted by Gasteiger charge is 2.03. The van der Waals surface area contributed by atoms with Crippen molar-refractivity contribution in [2.24, 2.45) is 0 Å². The minimum absolute atomic E-state index is 0.245. The Morgan fingerprint density at radius 3 is 2.45 bits per heavy atom. The molecule has 0 aromatic heterocycles. The molecule has 0 saturated heterocycles. The molecule has 0 heterocycles. The van der Waals surface area contributed by atoms with Gasteiger partial charge in [-0.1, -0.05) is 53.5 Å². The minimum Gasteiger partial charge on any atom is -0.334 e. The van der Waals surface area contributed by atoms with Crippen LogP contribution >= 0.6 is 23.2 Å². The quantitative estimate of drug-likeness (QED) is 0.881. The Morgan fingerprint density at radius 2 is 1.70 bits per heavy atom. The van der Waals surface area contributed by atoms with Gasteiger partial charge in [0, 0.05) is 23.1 Å². The number of rotatable bonds is 4. The number of hydrogen-bond acceptors (Lipinski definition) is 1. The summed E-state index contributed by atoms with van der Waals surface area (Å²) >= 11 is 11.9. The molecule has 0 atom stereocenters. The Bertz CT molecular complexity index is 602. The van der Waals surface area contributed by atoms with Crippen molar-refractivity contribution in [3.05, 3.63) is 69.7 Å². The highest BCUT2D eigenvalue weighted by atomic mass is 35.5. The number of nitrogens with one attached hydrogen (secondary N) is 2. The zero-order chi connectivity index (χ0) is 14.4. The maximum atomic E-state index is 11.7. The van der Waals surface area contributed by atoms with Gasteiger partial charge in [-0.15, -0.1) is 0 Å². The van der Waals surface area contributed by atoms with Crippen LogP contribution in [0.4, 0.5) is 4.79 Å². The van der Waals surface area contributed by atoms with Gasteiger partial charge in [0.25, 0.3) is 0 Å². The van der Waals surface area contributed by atoms with Crippen LogP contribution in [0.1, 0.15) is 11.1 Å². The molecule has 2 aromatic rings. The summed E-state index contributed by atoms with van der Waals surface area (Å²) in [6.07, 6.45) is 0. The second kappa shape index (κ2) is 7.17. The molecule has 0 fully saturated rings. The van der Waals surface area contributed by atoms with Gasteiger partial charge in [0.05, 0.1) is 0 Å². The van der Waals surface area contributed by atoms with E-state index in [0.29, 0.717) is 23.1 Å². The van der Waals surface area contributed by atoms with E-state index in [0.717, 1.165) is 11.1 Å². The lowest BCUT2D eigenvalue weighted by Crippen LogP contribution is -2.34. The molecule has 0 radical (unpaired) electrons. The summed E-state index contributed by atoms with van der Waals surface area (Å²) in [6, 6.07) is 14.5. The standard InChI is InChI=1S/C15H14Cl2N2O/c16-13-6-3-4-11(8-13)9-18-15(20)19-10-12-5-1-2-7-14(12)17/h1-8H,9-10H2,(H2,18,19,20). The molecule has 20 heavy (non-hydrogen) atoms. The first-order valence-corrected chi connectivity index (χ1v) is 6.90. The van der Waals surface area contributed by atoms with Crippen LogP contribution in [0.3, 0.4) is 0 Å². The first-order valence-electron chi connectivity index (χ1n) is 6.15. The lowest BCUT2D eigenvalue weighted by Gasteiger charge is -2.09. The SMILES string of the molecule is O=C(NCc1cccc(Cl)c1)NCc1ccccc1Cl. The second-order valence-electron chi connectivity index (χ2n) is 4.26. The summed E-state index contributed by atoms with van der Waals surface area (Å²) in [5.41, 5.74) is 1.83. The summed E-state index contributed by atoms with van der Waals surface area (Å²) in [5.74, 6) is 0. The molecule has 0 aliphatic carbocycles. The van der Waals surface area contributed by atoms with E-state index in [1.165, 1.54) is 0 Å². The molecule has 0 spiro atoms. The summed E-state index contributed by atoms with van der Waals surface area (Å²) in [5, 5.41) is 6.82. The van der Waals surface area contributed by atoms with Crippen LogP contribution in [0.25, 0.3) is 0 Å². The van der Waals surface area contributed by atoms with E-state index in [2.05, 4.69) is 10.6 Å². The van der Waals surface area contributed by atoms with Crippen molar-refractivity contribution in [1.29, 1.82) is 0 Å². The van der Waals surface area contributed by atoms with E-state index in [4.69, 9.17) is 23.2 Å². The Hall–Kier alpha value is -1.71. The highest BCUT2D eigenvalue weighted by molar-refractivity contribution is 6.31. The third kappa shape index (κ3) is 4.44. The number of benzene rings is 2. The van der Waals surface area contributed by atoms with Crippen molar-refractivity contribution in [2.45, 2.75) is 13.1 Å². The summed E-state index contributed by atoms with van der Waals surface area (Å²) < 4.78 is 0. The van der Waals surface area contributed by atoms with Crippen LogP contribution < -0.4 is 10.6 Å². The maximum absolute atomic E-state index is 11.7. The van der Waals surface area contributed by atoms with Crippen LogP contribution in [0.5, 0.6) is 0 Å². The van der Waals surface area contributed by atoms with E-state index >= 15 is 0 Å². The molecule has 2 rings (SSSR count). The molecule has 0 aliphatic heterocycles. The van der Waals surface area contributed by atoms with E-state index < -0.39 is 0 Å². The topological polar surface area (TPSA) is 41.1 Å². The minimum atomic E-state index is -0.245. The van der Waals surface area contributed by atoms with Crippen molar-refractivity contribution in [2.75, 3.05) is 0 Å². The predicted octanol–water partition coefficient (Wildman–Crippen LogP) is 3.99. The first kappa shape index (κ1) is 14.7. The van der Waals surface area contributed by atoms with Gasteiger partial charge >= 0.3 is 6.03 Å². The van der Waals surface area contributed by atoms with Crippen molar-refractivity contribution in [1.82, 2.24) is 10.6 Å². The average Bonchev–Trinajstić information content (AvgIpc) is 2.44.